The second kappa shape index (κ2) is 10.1. The van der Waals surface area contributed by atoms with E-state index in [0.29, 0.717) is 6.54 Å². The molecule has 0 saturated carbocycles. The average molecular weight is 362 g/mol. The monoisotopic (exact) mass is 362 g/mol. The zero-order chi connectivity index (χ0) is 18.7. The van der Waals surface area contributed by atoms with Crippen molar-refractivity contribution in [1.29, 1.82) is 0 Å². The Morgan fingerprint density at radius 2 is 1.89 bits per heavy atom. The van der Waals surface area contributed by atoms with E-state index in [4.69, 9.17) is 0 Å². The van der Waals surface area contributed by atoms with Gasteiger partial charge in [0.2, 0.25) is 0 Å². The van der Waals surface area contributed by atoms with Crippen molar-refractivity contribution in [2.75, 3.05) is 13.1 Å². The van der Waals surface area contributed by atoms with E-state index in [2.05, 4.69) is 61.4 Å². The fourth-order valence-corrected chi connectivity index (χ4v) is 2.71. The van der Waals surface area contributed by atoms with E-state index in [1.54, 1.807) is 6.20 Å². The van der Waals surface area contributed by atoms with Crippen LogP contribution in [0.4, 0.5) is 0 Å². The third-order valence-electron chi connectivity index (χ3n) is 4.11. The molecule has 0 bridgehead atoms. The van der Waals surface area contributed by atoms with Crippen LogP contribution in [0.25, 0.3) is 0 Å². The smallest absolute Gasteiger partial charge is 0.191 e. The van der Waals surface area contributed by atoms with Crippen LogP contribution in [0.5, 0.6) is 0 Å². The van der Waals surface area contributed by atoms with Crippen LogP contribution in [0, 0.1) is 0 Å². The third kappa shape index (κ3) is 6.26. The van der Waals surface area contributed by atoms with Crippen LogP contribution in [-0.2, 0) is 19.5 Å². The molecule has 0 aliphatic carbocycles. The van der Waals surface area contributed by atoms with Gasteiger partial charge in [-0.1, -0.05) is 30.3 Å². The molecule has 0 radical (unpaired) electrons. The van der Waals surface area contributed by atoms with Crippen molar-refractivity contribution >= 4 is 5.96 Å². The number of nitrogens with zero attached hydrogens (tertiary/aromatic N) is 4. The number of guanidine groups is 1. The molecule has 27 heavy (non-hydrogen) atoms. The Morgan fingerprint density at radius 1 is 1.04 bits per heavy atom. The van der Waals surface area contributed by atoms with Gasteiger partial charge in [0.05, 0.1) is 12.9 Å². The minimum absolute atomic E-state index is 0.643. The standard InChI is InChI=1S/C21H26N6/c1-2-23-21(25-12-10-20-5-3-4-11-24-20)26-15-18-6-8-19(9-7-18)16-27-14-13-22-17-27/h3-9,11,13-14,17H,2,10,12,15-16H2,1H3,(H2,23,25,26). The fraction of sp³-hybridized carbons (Fsp3) is 0.286. The van der Waals surface area contributed by atoms with Crippen LogP contribution >= 0.6 is 0 Å². The molecule has 3 rings (SSSR count). The first kappa shape index (κ1) is 18.6. The van der Waals surface area contributed by atoms with Crippen LogP contribution in [0.3, 0.4) is 0 Å². The zero-order valence-electron chi connectivity index (χ0n) is 15.7. The van der Waals surface area contributed by atoms with E-state index in [1.165, 1.54) is 11.1 Å². The summed E-state index contributed by atoms with van der Waals surface area (Å²) in [5.41, 5.74) is 3.52. The van der Waals surface area contributed by atoms with Gasteiger partial charge in [-0.25, -0.2) is 9.98 Å². The molecule has 6 nitrogen and oxygen atoms in total. The Hall–Kier alpha value is -3.15. The van der Waals surface area contributed by atoms with E-state index in [1.807, 2.05) is 36.9 Å². The van der Waals surface area contributed by atoms with Crippen LogP contribution < -0.4 is 10.6 Å². The van der Waals surface area contributed by atoms with E-state index < -0.39 is 0 Å². The van der Waals surface area contributed by atoms with E-state index in [9.17, 15) is 0 Å². The maximum atomic E-state index is 4.68. The molecule has 3 aromatic rings. The highest BCUT2D eigenvalue weighted by Crippen LogP contribution is 2.07. The number of rotatable bonds is 8. The molecule has 2 N–H and O–H groups in total. The number of hydrogen-bond donors (Lipinski definition) is 2. The second-order valence-electron chi connectivity index (χ2n) is 6.24. The Kier molecular flexibility index (Phi) is 6.98. The summed E-state index contributed by atoms with van der Waals surface area (Å²) < 4.78 is 2.06. The maximum Gasteiger partial charge on any atom is 0.191 e. The van der Waals surface area contributed by atoms with Crippen molar-refractivity contribution in [3.63, 3.8) is 0 Å². The van der Waals surface area contributed by atoms with Gasteiger partial charge in [0.15, 0.2) is 5.96 Å². The summed E-state index contributed by atoms with van der Waals surface area (Å²) in [4.78, 5) is 13.1. The van der Waals surface area contributed by atoms with Crippen molar-refractivity contribution in [2.45, 2.75) is 26.4 Å². The number of aliphatic imine (C=N–C) groups is 1. The molecule has 0 amide bonds. The van der Waals surface area contributed by atoms with E-state index >= 15 is 0 Å². The molecule has 1 aromatic carbocycles. The summed E-state index contributed by atoms with van der Waals surface area (Å²) >= 11 is 0. The number of hydrogen-bond acceptors (Lipinski definition) is 3. The van der Waals surface area contributed by atoms with Gasteiger partial charge < -0.3 is 15.2 Å². The van der Waals surface area contributed by atoms with Gasteiger partial charge in [0.25, 0.3) is 0 Å². The van der Waals surface area contributed by atoms with Crippen molar-refractivity contribution in [2.24, 2.45) is 4.99 Å². The first-order valence-corrected chi connectivity index (χ1v) is 9.29. The van der Waals surface area contributed by atoms with Crippen molar-refractivity contribution in [3.05, 3.63) is 84.2 Å². The van der Waals surface area contributed by atoms with Crippen LogP contribution in [0.15, 0.2) is 72.4 Å². The molecule has 2 aromatic heterocycles. The summed E-state index contributed by atoms with van der Waals surface area (Å²) in [6.45, 7) is 5.18. The third-order valence-corrected chi connectivity index (χ3v) is 4.11. The molecule has 0 unspecified atom stereocenters. The number of pyridine rings is 1. The first-order valence-electron chi connectivity index (χ1n) is 9.29. The summed E-state index contributed by atoms with van der Waals surface area (Å²) in [5, 5.41) is 6.66. The molecule has 2 heterocycles. The Balaban J connectivity index is 1.51. The highest BCUT2D eigenvalue weighted by molar-refractivity contribution is 5.79. The van der Waals surface area contributed by atoms with Crippen molar-refractivity contribution < 1.29 is 0 Å². The van der Waals surface area contributed by atoms with Crippen LogP contribution in [0.1, 0.15) is 23.7 Å². The average Bonchev–Trinajstić information content (AvgIpc) is 3.21. The molecule has 0 spiro atoms. The lowest BCUT2D eigenvalue weighted by molar-refractivity contribution is 0.787. The Morgan fingerprint density at radius 3 is 2.59 bits per heavy atom. The SMILES string of the molecule is CCNC(=NCc1ccc(Cn2ccnc2)cc1)NCCc1ccccn1. The maximum absolute atomic E-state index is 4.68. The number of nitrogens with one attached hydrogen (secondary N) is 2. The van der Waals surface area contributed by atoms with Gasteiger partial charge in [-0.05, 0) is 30.2 Å². The zero-order valence-corrected chi connectivity index (χ0v) is 15.7. The van der Waals surface area contributed by atoms with Crippen molar-refractivity contribution in [3.8, 4) is 0 Å². The van der Waals surface area contributed by atoms with Crippen LogP contribution in [-0.4, -0.2) is 33.6 Å². The highest BCUT2D eigenvalue weighted by Gasteiger charge is 2.00. The lowest BCUT2D eigenvalue weighted by Crippen LogP contribution is -2.38. The number of imidazole rings is 1. The van der Waals surface area contributed by atoms with Gasteiger partial charge in [-0.3, -0.25) is 4.98 Å². The normalized spacial score (nSPS) is 11.4. The van der Waals surface area contributed by atoms with E-state index in [0.717, 1.165) is 37.7 Å². The molecule has 0 aliphatic rings. The highest BCUT2D eigenvalue weighted by atomic mass is 15.2. The predicted molar refractivity (Wildman–Crippen MR) is 109 cm³/mol. The topological polar surface area (TPSA) is 67.1 Å². The Labute approximate surface area is 160 Å². The first-order chi connectivity index (χ1) is 13.3. The Bertz CT molecular complexity index is 810. The van der Waals surface area contributed by atoms with Crippen molar-refractivity contribution in [1.82, 2.24) is 25.2 Å². The molecule has 6 heteroatoms. The molecule has 0 fully saturated rings. The van der Waals surface area contributed by atoms with Gasteiger partial charge in [0, 0.05) is 50.3 Å². The summed E-state index contributed by atoms with van der Waals surface area (Å²) in [6.07, 6.45) is 8.29. The van der Waals surface area contributed by atoms with Gasteiger partial charge in [-0.15, -0.1) is 0 Å². The predicted octanol–water partition coefficient (Wildman–Crippen LogP) is 2.62. The molecule has 0 atom stereocenters. The van der Waals surface area contributed by atoms with Gasteiger partial charge in [-0.2, -0.15) is 0 Å². The van der Waals surface area contributed by atoms with Crippen LogP contribution in [0.2, 0.25) is 0 Å². The summed E-state index contributed by atoms with van der Waals surface area (Å²) in [5.74, 6) is 0.830. The number of aromatic nitrogens is 3. The quantitative estimate of drug-likeness (QED) is 0.477. The lowest BCUT2D eigenvalue weighted by Gasteiger charge is -2.11. The molecule has 0 saturated heterocycles. The van der Waals surface area contributed by atoms with Gasteiger partial charge in [0.1, 0.15) is 0 Å². The molecular formula is C21H26N6. The minimum Gasteiger partial charge on any atom is -0.357 e. The lowest BCUT2D eigenvalue weighted by atomic mass is 10.1. The fourth-order valence-electron chi connectivity index (χ4n) is 2.71. The second-order valence-corrected chi connectivity index (χ2v) is 6.24. The largest absolute Gasteiger partial charge is 0.357 e. The molecule has 140 valence electrons. The van der Waals surface area contributed by atoms with Gasteiger partial charge >= 0.3 is 0 Å². The molecule has 0 aliphatic heterocycles. The molecular weight excluding hydrogens is 336 g/mol. The van der Waals surface area contributed by atoms with E-state index in [-0.39, 0.29) is 0 Å². The summed E-state index contributed by atoms with van der Waals surface area (Å²) in [6, 6.07) is 14.5. The number of benzene rings is 1. The minimum atomic E-state index is 0.643. The summed E-state index contributed by atoms with van der Waals surface area (Å²) in [7, 11) is 0.